The first-order valence-corrected chi connectivity index (χ1v) is 7.08. The predicted molar refractivity (Wildman–Crippen MR) is 77.1 cm³/mol. The molecule has 0 saturated carbocycles. The van der Waals surface area contributed by atoms with Gasteiger partial charge in [-0.05, 0) is 24.0 Å². The van der Waals surface area contributed by atoms with Crippen molar-refractivity contribution in [3.63, 3.8) is 0 Å². The molecule has 2 aromatic rings. The lowest BCUT2D eigenvalue weighted by Gasteiger charge is -2.08. The topological polar surface area (TPSA) is 67.9 Å². The number of nitriles is 1. The third-order valence-electron chi connectivity index (χ3n) is 2.80. The molecule has 0 atom stereocenters. The van der Waals surface area contributed by atoms with Crippen molar-refractivity contribution in [1.29, 1.82) is 5.26 Å². The molecule has 0 saturated heterocycles. The van der Waals surface area contributed by atoms with Crippen LogP contribution in [0.2, 0.25) is 0 Å². The van der Waals surface area contributed by atoms with Gasteiger partial charge in [0, 0.05) is 0 Å². The molecule has 0 aliphatic carbocycles. The minimum atomic E-state index is -0.324. The Morgan fingerprint density at radius 1 is 1.50 bits per heavy atom. The van der Waals surface area contributed by atoms with E-state index in [-0.39, 0.29) is 11.1 Å². The van der Waals surface area contributed by atoms with Crippen LogP contribution in [0.25, 0.3) is 0 Å². The van der Waals surface area contributed by atoms with E-state index in [1.54, 1.807) is 13.4 Å². The van der Waals surface area contributed by atoms with Gasteiger partial charge in [0.2, 0.25) is 0 Å². The lowest BCUT2D eigenvalue weighted by Crippen LogP contribution is -2.24. The molecule has 0 aliphatic heterocycles. The second-order valence-electron chi connectivity index (χ2n) is 4.03. The number of hydrogen-bond donors (Lipinski definition) is 0. The van der Waals surface area contributed by atoms with Crippen molar-refractivity contribution in [2.24, 2.45) is 0 Å². The van der Waals surface area contributed by atoms with Gasteiger partial charge < -0.3 is 4.74 Å². The molecule has 5 nitrogen and oxygen atoms in total. The summed E-state index contributed by atoms with van der Waals surface area (Å²) in [6, 6.07) is 9.35. The molecule has 6 heteroatoms. The van der Waals surface area contributed by atoms with Gasteiger partial charge in [0.05, 0.1) is 20.0 Å². The van der Waals surface area contributed by atoms with Crippen LogP contribution in [0.3, 0.4) is 0 Å². The van der Waals surface area contributed by atoms with Gasteiger partial charge in [-0.15, -0.1) is 11.8 Å². The number of hydrogen-bond acceptors (Lipinski definition) is 5. The Morgan fingerprint density at radius 3 is 2.95 bits per heavy atom. The first-order valence-electron chi connectivity index (χ1n) is 5.86. The fourth-order valence-electron chi connectivity index (χ4n) is 1.80. The molecule has 0 bridgehead atoms. The van der Waals surface area contributed by atoms with Crippen molar-refractivity contribution in [3.8, 4) is 11.8 Å². The maximum atomic E-state index is 12.2. The second kappa shape index (κ2) is 6.26. The van der Waals surface area contributed by atoms with Crippen LogP contribution in [0, 0.1) is 11.3 Å². The van der Waals surface area contributed by atoms with E-state index in [0.29, 0.717) is 11.6 Å². The quantitative estimate of drug-likeness (QED) is 0.634. The van der Waals surface area contributed by atoms with Gasteiger partial charge in [0.1, 0.15) is 22.4 Å². The Kier molecular flexibility index (Phi) is 4.43. The summed E-state index contributed by atoms with van der Waals surface area (Å²) in [7, 11) is 1.59. The molecule has 0 aliphatic rings. The van der Waals surface area contributed by atoms with Gasteiger partial charge in [-0.2, -0.15) is 5.26 Å². The van der Waals surface area contributed by atoms with Crippen molar-refractivity contribution in [2.75, 3.05) is 13.4 Å². The van der Waals surface area contributed by atoms with Gasteiger partial charge in [-0.1, -0.05) is 12.1 Å². The maximum Gasteiger partial charge on any atom is 0.272 e. The first kappa shape index (κ1) is 14.2. The summed E-state index contributed by atoms with van der Waals surface area (Å²) in [5.41, 5.74) is 0.673. The molecule has 1 heterocycles. The van der Waals surface area contributed by atoms with Crippen molar-refractivity contribution in [1.82, 2.24) is 9.55 Å². The number of thioether (sulfide) groups is 1. The summed E-state index contributed by atoms with van der Waals surface area (Å²) in [6.45, 7) is 0.354. The Balaban J connectivity index is 2.39. The first-order chi connectivity index (χ1) is 9.69. The van der Waals surface area contributed by atoms with Gasteiger partial charge in [-0.25, -0.2) is 4.98 Å². The van der Waals surface area contributed by atoms with E-state index in [4.69, 9.17) is 10.00 Å². The van der Waals surface area contributed by atoms with Crippen LogP contribution in [0.4, 0.5) is 0 Å². The summed E-state index contributed by atoms with van der Waals surface area (Å²) < 4.78 is 6.57. The fourth-order valence-corrected chi connectivity index (χ4v) is 2.29. The SMILES string of the molecule is COc1cccc(Cn2cnc(SC)c(C#N)c2=O)c1. The number of methoxy groups -OCH3 is 1. The van der Waals surface area contributed by atoms with E-state index in [2.05, 4.69) is 4.98 Å². The highest BCUT2D eigenvalue weighted by Crippen LogP contribution is 2.15. The molecule has 1 aromatic carbocycles. The summed E-state index contributed by atoms with van der Waals surface area (Å²) in [6.07, 6.45) is 3.25. The van der Waals surface area contributed by atoms with Crippen molar-refractivity contribution in [2.45, 2.75) is 11.6 Å². The second-order valence-corrected chi connectivity index (χ2v) is 4.82. The molecule has 20 heavy (non-hydrogen) atoms. The minimum Gasteiger partial charge on any atom is -0.497 e. The molecule has 0 unspecified atom stereocenters. The highest BCUT2D eigenvalue weighted by molar-refractivity contribution is 7.98. The smallest absolute Gasteiger partial charge is 0.272 e. The van der Waals surface area contributed by atoms with Crippen molar-refractivity contribution < 1.29 is 4.74 Å². The lowest BCUT2D eigenvalue weighted by molar-refractivity contribution is 0.414. The van der Waals surface area contributed by atoms with E-state index in [1.807, 2.05) is 30.3 Å². The van der Waals surface area contributed by atoms with E-state index in [1.165, 1.54) is 22.7 Å². The molecule has 0 radical (unpaired) electrons. The van der Waals surface area contributed by atoms with Crippen molar-refractivity contribution >= 4 is 11.8 Å². The summed E-state index contributed by atoms with van der Waals surface area (Å²) in [4.78, 5) is 16.3. The highest BCUT2D eigenvalue weighted by atomic mass is 32.2. The third kappa shape index (κ3) is 2.83. The molecule has 0 fully saturated rings. The Bertz CT molecular complexity index is 719. The van der Waals surface area contributed by atoms with Crippen LogP contribution in [-0.2, 0) is 6.54 Å². The van der Waals surface area contributed by atoms with Gasteiger partial charge in [-0.3, -0.25) is 9.36 Å². The normalized spacial score (nSPS) is 10.1. The van der Waals surface area contributed by atoms with E-state index >= 15 is 0 Å². The Morgan fingerprint density at radius 2 is 2.30 bits per heavy atom. The number of rotatable bonds is 4. The lowest BCUT2D eigenvalue weighted by atomic mass is 10.2. The molecule has 2 rings (SSSR count). The number of benzene rings is 1. The van der Waals surface area contributed by atoms with E-state index < -0.39 is 0 Å². The van der Waals surface area contributed by atoms with Crippen LogP contribution >= 0.6 is 11.8 Å². The maximum absolute atomic E-state index is 12.2. The zero-order valence-electron chi connectivity index (χ0n) is 11.2. The number of nitrogens with zero attached hydrogens (tertiary/aromatic N) is 3. The standard InChI is InChI=1S/C14H13N3O2S/c1-19-11-5-3-4-10(6-11)8-17-9-16-13(20-2)12(7-15)14(17)18/h3-6,9H,8H2,1-2H3. The van der Waals surface area contributed by atoms with Crippen LogP contribution < -0.4 is 10.3 Å². The van der Waals surface area contributed by atoms with E-state index in [0.717, 1.165) is 11.3 Å². The van der Waals surface area contributed by atoms with Crippen LogP contribution in [0.1, 0.15) is 11.1 Å². The number of aromatic nitrogens is 2. The Hall–Kier alpha value is -2.26. The molecule has 0 amide bonds. The predicted octanol–water partition coefficient (Wildman–Crippen LogP) is 1.89. The minimum absolute atomic E-state index is 0.0860. The molecule has 0 spiro atoms. The van der Waals surface area contributed by atoms with E-state index in [9.17, 15) is 4.79 Å². The zero-order chi connectivity index (χ0) is 14.5. The fraction of sp³-hybridized carbons (Fsp3) is 0.214. The molecular formula is C14H13N3O2S. The van der Waals surface area contributed by atoms with Gasteiger partial charge in [0.25, 0.3) is 5.56 Å². The average Bonchev–Trinajstić information content (AvgIpc) is 2.49. The summed E-state index contributed by atoms with van der Waals surface area (Å²) in [5.74, 6) is 0.727. The number of ether oxygens (including phenoxy) is 1. The zero-order valence-corrected chi connectivity index (χ0v) is 12.0. The summed E-state index contributed by atoms with van der Waals surface area (Å²) >= 11 is 1.29. The molecule has 102 valence electrons. The van der Waals surface area contributed by atoms with Gasteiger partial charge in [0.15, 0.2) is 0 Å². The summed E-state index contributed by atoms with van der Waals surface area (Å²) in [5, 5.41) is 9.52. The Labute approximate surface area is 120 Å². The highest BCUT2D eigenvalue weighted by Gasteiger charge is 2.10. The molecular weight excluding hydrogens is 274 g/mol. The largest absolute Gasteiger partial charge is 0.497 e. The molecule has 0 N–H and O–H groups in total. The third-order valence-corrected chi connectivity index (χ3v) is 3.49. The van der Waals surface area contributed by atoms with Crippen molar-refractivity contribution in [3.05, 3.63) is 52.1 Å². The van der Waals surface area contributed by atoms with Gasteiger partial charge >= 0.3 is 0 Å². The molecule has 1 aromatic heterocycles. The van der Waals surface area contributed by atoms with Crippen LogP contribution in [0.15, 0.2) is 40.4 Å². The van der Waals surface area contributed by atoms with Crippen LogP contribution in [0.5, 0.6) is 5.75 Å². The monoisotopic (exact) mass is 287 g/mol. The average molecular weight is 287 g/mol. The van der Waals surface area contributed by atoms with Crippen LogP contribution in [-0.4, -0.2) is 22.9 Å².